The van der Waals surface area contributed by atoms with Gasteiger partial charge >= 0.3 is 12.0 Å². The molecule has 3 rings (SSSR count). The number of hydrogen-bond donors (Lipinski definition) is 2. The number of nitrogens with one attached hydrogen (secondary N) is 2. The lowest BCUT2D eigenvalue weighted by Crippen LogP contribution is -2.45. The average Bonchev–Trinajstić information content (AvgIpc) is 3.57. The fourth-order valence-electron chi connectivity index (χ4n) is 2.64. The average molecular weight is 445 g/mol. The number of urea groups is 1. The molecule has 0 radical (unpaired) electrons. The van der Waals surface area contributed by atoms with Crippen LogP contribution in [-0.2, 0) is 19.6 Å². The minimum atomic E-state index is -3.82. The van der Waals surface area contributed by atoms with E-state index in [4.69, 9.17) is 4.74 Å². The van der Waals surface area contributed by atoms with Gasteiger partial charge in [0.1, 0.15) is 0 Å². The van der Waals surface area contributed by atoms with Crippen LogP contribution in [-0.4, -0.2) is 45.5 Å². The number of nitrogens with zero attached hydrogens (tertiary/aromatic N) is 1. The van der Waals surface area contributed by atoms with Gasteiger partial charge in [-0.1, -0.05) is 18.2 Å². The van der Waals surface area contributed by atoms with Crippen molar-refractivity contribution < 1.29 is 27.5 Å². The largest absolute Gasteiger partial charge is 0.449 e. The molecule has 2 aromatic rings. The molecule has 0 saturated heterocycles. The van der Waals surface area contributed by atoms with Crippen LogP contribution < -0.4 is 14.9 Å². The highest BCUT2D eigenvalue weighted by atomic mass is 32.2. The van der Waals surface area contributed by atoms with E-state index in [0.717, 1.165) is 17.1 Å². The van der Waals surface area contributed by atoms with Crippen molar-refractivity contribution in [3.05, 3.63) is 60.2 Å². The van der Waals surface area contributed by atoms with Crippen molar-refractivity contribution in [2.24, 2.45) is 0 Å². The van der Waals surface area contributed by atoms with Gasteiger partial charge in [0.25, 0.3) is 15.9 Å². The van der Waals surface area contributed by atoms with E-state index >= 15 is 0 Å². The Labute approximate surface area is 180 Å². The highest BCUT2D eigenvalue weighted by molar-refractivity contribution is 7.92. The Bertz CT molecular complexity index is 1070. The van der Waals surface area contributed by atoms with E-state index in [1.165, 1.54) is 38.2 Å². The van der Waals surface area contributed by atoms with Gasteiger partial charge in [-0.25, -0.2) is 18.0 Å². The standard InChI is InChI=1S/C21H23N3O6S/c1-14(19(25)23-21(27)22-16-10-11-16)30-20(26)15-8-12-18(13-9-15)31(28,29)24(2)17-6-4-3-5-7-17/h3-9,12-14,16H,10-11H2,1-2H3,(H2,22,23,25,27). The Balaban J connectivity index is 1.61. The lowest BCUT2D eigenvalue weighted by molar-refractivity contribution is -0.127. The molecule has 0 aliphatic heterocycles. The van der Waals surface area contributed by atoms with E-state index in [0.29, 0.717) is 5.69 Å². The Morgan fingerprint density at radius 1 is 1.03 bits per heavy atom. The Morgan fingerprint density at radius 2 is 1.65 bits per heavy atom. The van der Waals surface area contributed by atoms with Gasteiger partial charge in [-0.3, -0.25) is 14.4 Å². The number of imide groups is 1. The molecule has 1 unspecified atom stereocenters. The minimum Gasteiger partial charge on any atom is -0.449 e. The zero-order valence-electron chi connectivity index (χ0n) is 17.1. The maximum atomic E-state index is 12.8. The third-order valence-corrected chi connectivity index (χ3v) is 6.47. The van der Waals surface area contributed by atoms with Crippen LogP contribution in [0.25, 0.3) is 0 Å². The smallest absolute Gasteiger partial charge is 0.338 e. The lowest BCUT2D eigenvalue weighted by atomic mass is 10.2. The van der Waals surface area contributed by atoms with Crippen LogP contribution in [0.4, 0.5) is 10.5 Å². The quantitative estimate of drug-likeness (QED) is 0.629. The molecule has 2 N–H and O–H groups in total. The third-order valence-electron chi connectivity index (χ3n) is 4.67. The summed E-state index contributed by atoms with van der Waals surface area (Å²) in [5.74, 6) is -1.57. The highest BCUT2D eigenvalue weighted by Gasteiger charge is 2.26. The molecule has 0 spiro atoms. The number of amides is 3. The molecule has 9 nitrogen and oxygen atoms in total. The molecule has 0 heterocycles. The molecule has 1 aliphatic rings. The number of carbonyl (C=O) groups is 3. The second-order valence-electron chi connectivity index (χ2n) is 7.12. The first-order chi connectivity index (χ1) is 14.7. The molecule has 0 aromatic heterocycles. The molecule has 2 aromatic carbocycles. The predicted octanol–water partition coefficient (Wildman–Crippen LogP) is 2.05. The number of hydrogen-bond acceptors (Lipinski definition) is 6. The zero-order chi connectivity index (χ0) is 22.6. The van der Waals surface area contributed by atoms with E-state index in [-0.39, 0.29) is 16.5 Å². The first-order valence-corrected chi connectivity index (χ1v) is 11.1. The van der Waals surface area contributed by atoms with Gasteiger partial charge in [0.15, 0.2) is 6.10 Å². The number of rotatable bonds is 7. The minimum absolute atomic E-state index is 0.00191. The van der Waals surface area contributed by atoms with Crippen molar-refractivity contribution in [2.75, 3.05) is 11.4 Å². The first-order valence-electron chi connectivity index (χ1n) is 9.65. The number of carbonyl (C=O) groups excluding carboxylic acids is 3. The van der Waals surface area contributed by atoms with Crippen molar-refractivity contribution in [3.63, 3.8) is 0 Å². The maximum absolute atomic E-state index is 12.8. The number of esters is 1. The van der Waals surface area contributed by atoms with Gasteiger partial charge in [-0.2, -0.15) is 0 Å². The molecule has 1 aliphatic carbocycles. The SMILES string of the molecule is CC(OC(=O)c1ccc(S(=O)(=O)N(C)c2ccccc2)cc1)C(=O)NC(=O)NC1CC1. The molecule has 164 valence electrons. The molecule has 3 amide bonds. The molecule has 0 bridgehead atoms. The fourth-order valence-corrected chi connectivity index (χ4v) is 3.84. The summed E-state index contributed by atoms with van der Waals surface area (Å²) in [5.41, 5.74) is 0.569. The zero-order valence-corrected chi connectivity index (χ0v) is 17.9. The number of ether oxygens (including phenoxy) is 1. The molecule has 1 saturated carbocycles. The Hall–Kier alpha value is -3.40. The molecule has 1 fully saturated rings. The van der Waals surface area contributed by atoms with Crippen molar-refractivity contribution in [3.8, 4) is 0 Å². The number of sulfonamides is 1. The Kier molecular flexibility index (Phi) is 6.59. The van der Waals surface area contributed by atoms with Gasteiger partial charge in [0.2, 0.25) is 0 Å². The number of benzene rings is 2. The van der Waals surface area contributed by atoms with Gasteiger partial charge < -0.3 is 10.1 Å². The molecule has 31 heavy (non-hydrogen) atoms. The van der Waals surface area contributed by atoms with E-state index in [1.807, 2.05) is 0 Å². The van der Waals surface area contributed by atoms with Crippen LogP contribution >= 0.6 is 0 Å². The summed E-state index contributed by atoms with van der Waals surface area (Å²) >= 11 is 0. The maximum Gasteiger partial charge on any atom is 0.338 e. The van der Waals surface area contributed by atoms with Crippen molar-refractivity contribution >= 4 is 33.6 Å². The lowest BCUT2D eigenvalue weighted by Gasteiger charge is -2.19. The summed E-state index contributed by atoms with van der Waals surface area (Å²) in [5, 5.41) is 4.71. The second-order valence-corrected chi connectivity index (χ2v) is 9.09. The normalized spacial score (nSPS) is 14.3. The molecular formula is C21H23N3O6S. The second kappa shape index (κ2) is 9.17. The van der Waals surface area contributed by atoms with E-state index in [9.17, 15) is 22.8 Å². The van der Waals surface area contributed by atoms with E-state index < -0.39 is 34.0 Å². The van der Waals surface area contributed by atoms with Crippen molar-refractivity contribution in [1.82, 2.24) is 10.6 Å². The molecule has 10 heteroatoms. The summed E-state index contributed by atoms with van der Waals surface area (Å²) in [6, 6.07) is 13.2. The summed E-state index contributed by atoms with van der Waals surface area (Å²) in [7, 11) is -2.38. The fraction of sp³-hybridized carbons (Fsp3) is 0.286. The summed E-state index contributed by atoms with van der Waals surface area (Å²) in [4.78, 5) is 35.9. The summed E-state index contributed by atoms with van der Waals surface area (Å²) < 4.78 is 31.8. The van der Waals surface area contributed by atoms with Gasteiger partial charge in [-0.15, -0.1) is 0 Å². The number of para-hydroxylation sites is 1. The van der Waals surface area contributed by atoms with E-state index in [2.05, 4.69) is 10.6 Å². The van der Waals surface area contributed by atoms with Crippen molar-refractivity contribution in [1.29, 1.82) is 0 Å². The first kappa shape index (κ1) is 22.3. The van der Waals surface area contributed by atoms with Crippen LogP contribution in [0.5, 0.6) is 0 Å². The topological polar surface area (TPSA) is 122 Å². The van der Waals surface area contributed by atoms with Crippen molar-refractivity contribution in [2.45, 2.75) is 36.8 Å². The van der Waals surface area contributed by atoms with Gasteiger partial charge in [-0.05, 0) is 56.2 Å². The summed E-state index contributed by atoms with van der Waals surface area (Å²) in [6.45, 7) is 1.34. The van der Waals surface area contributed by atoms with E-state index in [1.54, 1.807) is 30.3 Å². The van der Waals surface area contributed by atoms with Crippen LogP contribution in [0, 0.1) is 0 Å². The van der Waals surface area contributed by atoms with Gasteiger partial charge in [0.05, 0.1) is 16.1 Å². The number of anilines is 1. The molecule has 1 atom stereocenters. The molecular weight excluding hydrogens is 422 g/mol. The third kappa shape index (κ3) is 5.60. The van der Waals surface area contributed by atoms with Crippen LogP contribution in [0.1, 0.15) is 30.1 Å². The predicted molar refractivity (Wildman–Crippen MR) is 113 cm³/mol. The Morgan fingerprint density at radius 3 is 2.23 bits per heavy atom. The van der Waals surface area contributed by atoms with Crippen LogP contribution in [0.2, 0.25) is 0 Å². The van der Waals surface area contributed by atoms with Crippen LogP contribution in [0.15, 0.2) is 59.5 Å². The monoisotopic (exact) mass is 445 g/mol. The van der Waals surface area contributed by atoms with Crippen LogP contribution in [0.3, 0.4) is 0 Å². The highest BCUT2D eigenvalue weighted by Crippen LogP contribution is 2.22. The summed E-state index contributed by atoms with van der Waals surface area (Å²) in [6.07, 6.45) is 0.544. The van der Waals surface area contributed by atoms with Gasteiger partial charge in [0, 0.05) is 13.1 Å².